The van der Waals surface area contributed by atoms with Crippen molar-refractivity contribution in [1.82, 2.24) is 0 Å². The van der Waals surface area contributed by atoms with Crippen LogP contribution in [0.2, 0.25) is 5.02 Å². The predicted octanol–water partition coefficient (Wildman–Crippen LogP) is 4.81. The average Bonchev–Trinajstić information content (AvgIpc) is 2.54. The van der Waals surface area contributed by atoms with Gasteiger partial charge in [0.25, 0.3) is 0 Å². The molecule has 24 heavy (non-hydrogen) atoms. The Hall–Kier alpha value is -2.00. The number of anilines is 2. The van der Waals surface area contributed by atoms with Gasteiger partial charge in [0.1, 0.15) is 0 Å². The Bertz CT molecular complexity index is 716. The Kier molecular flexibility index (Phi) is 5.10. The highest BCUT2D eigenvalue weighted by Crippen LogP contribution is 2.26. The number of rotatable bonds is 3. The van der Waals surface area contributed by atoms with Crippen LogP contribution < -0.4 is 10.2 Å². The van der Waals surface area contributed by atoms with E-state index in [9.17, 15) is 4.79 Å². The molecule has 2 aromatic rings. The summed E-state index contributed by atoms with van der Waals surface area (Å²) in [6.07, 6.45) is 1.73. The number of hydrogen-bond acceptors (Lipinski definition) is 2. The van der Waals surface area contributed by atoms with E-state index in [0.717, 1.165) is 42.3 Å². The number of nitrogens with one attached hydrogen (secondary N) is 1. The Balaban J connectivity index is 1.59. The van der Waals surface area contributed by atoms with Crippen LogP contribution in [0, 0.1) is 19.8 Å². The largest absolute Gasteiger partial charge is 0.371 e. The number of carbonyl (C=O) groups excluding carboxylic acids is 1. The molecule has 0 saturated carbocycles. The molecule has 2 aromatic carbocycles. The molecule has 3 nitrogen and oxygen atoms in total. The van der Waals surface area contributed by atoms with E-state index in [-0.39, 0.29) is 11.8 Å². The number of amides is 1. The van der Waals surface area contributed by atoms with Crippen LogP contribution in [0.3, 0.4) is 0 Å². The summed E-state index contributed by atoms with van der Waals surface area (Å²) in [5.74, 6) is 0.201. The molecule has 0 radical (unpaired) electrons. The van der Waals surface area contributed by atoms with Crippen LogP contribution >= 0.6 is 11.6 Å². The highest BCUT2D eigenvalue weighted by atomic mass is 35.5. The lowest BCUT2D eigenvalue weighted by Crippen LogP contribution is -2.38. The fourth-order valence-corrected chi connectivity index (χ4v) is 3.55. The van der Waals surface area contributed by atoms with Crippen LogP contribution in [0.5, 0.6) is 0 Å². The van der Waals surface area contributed by atoms with Crippen LogP contribution in [0.15, 0.2) is 42.5 Å². The van der Waals surface area contributed by atoms with Crippen LogP contribution in [-0.2, 0) is 4.79 Å². The number of piperidine rings is 1. The molecule has 3 rings (SSSR count). The van der Waals surface area contributed by atoms with Crippen LogP contribution in [0.25, 0.3) is 0 Å². The van der Waals surface area contributed by atoms with Gasteiger partial charge in [0.05, 0.1) is 0 Å². The van der Waals surface area contributed by atoms with E-state index in [1.54, 1.807) is 0 Å². The zero-order valence-electron chi connectivity index (χ0n) is 14.2. The molecule has 1 saturated heterocycles. The van der Waals surface area contributed by atoms with Crippen molar-refractivity contribution >= 4 is 28.9 Å². The summed E-state index contributed by atoms with van der Waals surface area (Å²) in [4.78, 5) is 14.8. The topological polar surface area (TPSA) is 32.3 Å². The maximum absolute atomic E-state index is 12.5. The summed E-state index contributed by atoms with van der Waals surface area (Å²) >= 11 is 6.07. The molecule has 126 valence electrons. The number of aryl methyl sites for hydroxylation is 2. The van der Waals surface area contributed by atoms with Crippen LogP contribution in [0.4, 0.5) is 11.4 Å². The van der Waals surface area contributed by atoms with Gasteiger partial charge in [-0.05, 0) is 68.1 Å². The molecule has 0 aliphatic carbocycles. The molecule has 1 fully saturated rings. The van der Waals surface area contributed by atoms with Gasteiger partial charge in [0.2, 0.25) is 5.91 Å². The minimum atomic E-state index is 0.0706. The summed E-state index contributed by atoms with van der Waals surface area (Å²) < 4.78 is 0. The maximum atomic E-state index is 12.5. The molecule has 0 spiro atoms. The molecule has 0 atom stereocenters. The third-order valence-corrected chi connectivity index (χ3v) is 4.76. The highest BCUT2D eigenvalue weighted by Gasteiger charge is 2.25. The lowest BCUT2D eigenvalue weighted by molar-refractivity contribution is -0.120. The molecule has 0 aromatic heterocycles. The average molecular weight is 343 g/mol. The van der Waals surface area contributed by atoms with Crippen molar-refractivity contribution in [1.29, 1.82) is 0 Å². The van der Waals surface area contributed by atoms with E-state index >= 15 is 0 Å². The zero-order chi connectivity index (χ0) is 17.1. The molecule has 4 heteroatoms. The van der Waals surface area contributed by atoms with Crippen LogP contribution in [0.1, 0.15) is 24.0 Å². The van der Waals surface area contributed by atoms with E-state index in [1.807, 2.05) is 44.2 Å². The summed E-state index contributed by atoms with van der Waals surface area (Å²) in [6.45, 7) is 5.86. The van der Waals surface area contributed by atoms with Crippen molar-refractivity contribution in [3.63, 3.8) is 0 Å². The normalized spacial score (nSPS) is 15.4. The van der Waals surface area contributed by atoms with Gasteiger partial charge < -0.3 is 10.2 Å². The summed E-state index contributed by atoms with van der Waals surface area (Å²) in [7, 11) is 0. The van der Waals surface area contributed by atoms with Gasteiger partial charge in [-0.3, -0.25) is 4.79 Å². The standard InChI is InChI=1S/C20H23ClN2O/c1-14-10-15(2)12-18(11-14)22-20(24)16-6-8-23(9-7-16)19-5-3-4-17(21)13-19/h3-5,10-13,16H,6-9H2,1-2H3,(H,22,24). The summed E-state index contributed by atoms with van der Waals surface area (Å²) in [5.41, 5.74) is 4.37. The summed E-state index contributed by atoms with van der Waals surface area (Å²) in [5, 5.41) is 3.83. The van der Waals surface area contributed by atoms with Crippen molar-refractivity contribution in [2.24, 2.45) is 5.92 Å². The quantitative estimate of drug-likeness (QED) is 0.868. The highest BCUT2D eigenvalue weighted by molar-refractivity contribution is 6.30. The monoisotopic (exact) mass is 342 g/mol. The second kappa shape index (κ2) is 7.27. The Morgan fingerprint density at radius 1 is 1.08 bits per heavy atom. The number of carbonyl (C=O) groups is 1. The first-order valence-electron chi connectivity index (χ1n) is 8.41. The molecule has 1 aliphatic heterocycles. The molecular weight excluding hydrogens is 320 g/mol. The molecule has 0 unspecified atom stereocenters. The van der Waals surface area contributed by atoms with E-state index < -0.39 is 0 Å². The van der Waals surface area contributed by atoms with E-state index in [1.165, 1.54) is 11.1 Å². The third-order valence-electron chi connectivity index (χ3n) is 4.53. The van der Waals surface area contributed by atoms with Gasteiger partial charge in [-0.1, -0.05) is 23.7 Å². The van der Waals surface area contributed by atoms with Gasteiger partial charge in [-0.2, -0.15) is 0 Å². The molecular formula is C20H23ClN2O. The first-order valence-corrected chi connectivity index (χ1v) is 8.79. The van der Waals surface area contributed by atoms with Gasteiger partial charge in [-0.25, -0.2) is 0 Å². The fraction of sp³-hybridized carbons (Fsp3) is 0.350. The second-order valence-corrected chi connectivity index (χ2v) is 7.04. The minimum absolute atomic E-state index is 0.0706. The number of benzene rings is 2. The number of hydrogen-bond donors (Lipinski definition) is 1. The molecule has 1 aliphatic rings. The SMILES string of the molecule is Cc1cc(C)cc(NC(=O)C2CCN(c3cccc(Cl)c3)CC2)c1. The van der Waals surface area contributed by atoms with Gasteiger partial charge in [0.15, 0.2) is 0 Å². The van der Waals surface area contributed by atoms with Crippen LogP contribution in [-0.4, -0.2) is 19.0 Å². The molecule has 1 N–H and O–H groups in total. The second-order valence-electron chi connectivity index (χ2n) is 6.61. The Labute approximate surface area is 148 Å². The summed E-state index contributed by atoms with van der Waals surface area (Å²) in [6, 6.07) is 14.1. The lowest BCUT2D eigenvalue weighted by Gasteiger charge is -2.33. The van der Waals surface area contributed by atoms with E-state index in [2.05, 4.69) is 22.3 Å². The molecule has 1 amide bonds. The first-order chi connectivity index (χ1) is 11.5. The smallest absolute Gasteiger partial charge is 0.227 e. The van der Waals surface area contributed by atoms with Gasteiger partial charge in [-0.15, -0.1) is 0 Å². The minimum Gasteiger partial charge on any atom is -0.371 e. The third kappa shape index (κ3) is 4.09. The van der Waals surface area contributed by atoms with Crippen molar-refractivity contribution in [2.45, 2.75) is 26.7 Å². The van der Waals surface area contributed by atoms with Crippen molar-refractivity contribution in [3.8, 4) is 0 Å². The first kappa shape index (κ1) is 16.8. The van der Waals surface area contributed by atoms with Gasteiger partial charge >= 0.3 is 0 Å². The zero-order valence-corrected chi connectivity index (χ0v) is 14.9. The van der Waals surface area contributed by atoms with Crippen molar-refractivity contribution < 1.29 is 4.79 Å². The lowest BCUT2D eigenvalue weighted by atomic mass is 9.95. The Morgan fingerprint density at radius 3 is 2.38 bits per heavy atom. The molecule has 1 heterocycles. The van der Waals surface area contributed by atoms with E-state index in [0.29, 0.717) is 0 Å². The van der Waals surface area contributed by atoms with Crippen molar-refractivity contribution in [2.75, 3.05) is 23.3 Å². The number of nitrogens with zero attached hydrogens (tertiary/aromatic N) is 1. The van der Waals surface area contributed by atoms with Crippen molar-refractivity contribution in [3.05, 3.63) is 58.6 Å². The Morgan fingerprint density at radius 2 is 1.75 bits per heavy atom. The number of halogens is 1. The fourth-order valence-electron chi connectivity index (χ4n) is 3.36. The predicted molar refractivity (Wildman–Crippen MR) is 101 cm³/mol. The van der Waals surface area contributed by atoms with E-state index in [4.69, 9.17) is 11.6 Å². The molecule has 0 bridgehead atoms. The van der Waals surface area contributed by atoms with Gasteiger partial charge in [0, 0.05) is 35.4 Å². The maximum Gasteiger partial charge on any atom is 0.227 e.